The van der Waals surface area contributed by atoms with E-state index < -0.39 is 5.97 Å². The Morgan fingerprint density at radius 3 is 2.68 bits per heavy atom. The van der Waals surface area contributed by atoms with Crippen molar-refractivity contribution in [1.29, 1.82) is 0 Å². The van der Waals surface area contributed by atoms with Gasteiger partial charge in [0.1, 0.15) is 5.82 Å². The molecule has 3 rings (SSSR count). The first-order valence-corrected chi connectivity index (χ1v) is 5.83. The number of carboxylic acids is 1. The number of carbonyl (C=O) groups is 1. The quantitative estimate of drug-likeness (QED) is 0.768. The SMILES string of the molecule is Cn1c(Cc2ccccc2)nn2cc(C(=O)O)nc12. The van der Waals surface area contributed by atoms with Crippen molar-refractivity contribution in [1.82, 2.24) is 19.2 Å². The second-order valence-corrected chi connectivity index (χ2v) is 4.31. The summed E-state index contributed by atoms with van der Waals surface area (Å²) in [6, 6.07) is 9.98. The highest BCUT2D eigenvalue weighted by molar-refractivity contribution is 5.85. The van der Waals surface area contributed by atoms with Gasteiger partial charge in [-0.05, 0) is 5.56 Å². The van der Waals surface area contributed by atoms with Crippen LogP contribution in [0.3, 0.4) is 0 Å². The van der Waals surface area contributed by atoms with E-state index in [9.17, 15) is 4.79 Å². The lowest BCUT2D eigenvalue weighted by Gasteiger charge is -2.00. The van der Waals surface area contributed by atoms with Crippen molar-refractivity contribution in [2.24, 2.45) is 7.05 Å². The number of hydrogen-bond donors (Lipinski definition) is 1. The first-order valence-electron chi connectivity index (χ1n) is 5.83. The zero-order chi connectivity index (χ0) is 13.4. The number of benzene rings is 1. The summed E-state index contributed by atoms with van der Waals surface area (Å²) in [6.07, 6.45) is 2.11. The Labute approximate surface area is 108 Å². The third kappa shape index (κ3) is 1.97. The standard InChI is InChI=1S/C13H12N4O2/c1-16-11(7-9-5-3-2-4-6-9)15-17-8-10(12(18)19)14-13(16)17/h2-6,8H,7H2,1H3,(H,18,19). The predicted molar refractivity (Wildman–Crippen MR) is 68.2 cm³/mol. The van der Waals surface area contributed by atoms with Gasteiger partial charge >= 0.3 is 5.97 Å². The molecule has 0 amide bonds. The van der Waals surface area contributed by atoms with E-state index in [0.29, 0.717) is 12.2 Å². The van der Waals surface area contributed by atoms with Gasteiger partial charge in [-0.3, -0.25) is 4.57 Å². The molecule has 2 heterocycles. The molecule has 0 saturated carbocycles. The third-order valence-electron chi connectivity index (χ3n) is 3.00. The lowest BCUT2D eigenvalue weighted by Crippen LogP contribution is -2.01. The summed E-state index contributed by atoms with van der Waals surface area (Å²) in [5, 5.41) is 13.3. The Balaban J connectivity index is 1.99. The van der Waals surface area contributed by atoms with Crippen LogP contribution in [0.4, 0.5) is 0 Å². The minimum Gasteiger partial charge on any atom is -0.476 e. The first kappa shape index (κ1) is 11.5. The Morgan fingerprint density at radius 1 is 1.32 bits per heavy atom. The van der Waals surface area contributed by atoms with Gasteiger partial charge in [0.2, 0.25) is 5.78 Å². The fourth-order valence-electron chi connectivity index (χ4n) is 2.01. The molecule has 3 aromatic rings. The molecular weight excluding hydrogens is 244 g/mol. The summed E-state index contributed by atoms with van der Waals surface area (Å²) >= 11 is 0. The van der Waals surface area contributed by atoms with Crippen molar-refractivity contribution in [2.45, 2.75) is 6.42 Å². The topological polar surface area (TPSA) is 72.4 Å². The summed E-state index contributed by atoms with van der Waals surface area (Å²) in [7, 11) is 1.83. The van der Waals surface area contributed by atoms with E-state index >= 15 is 0 Å². The van der Waals surface area contributed by atoms with E-state index in [1.165, 1.54) is 10.7 Å². The highest BCUT2D eigenvalue weighted by Gasteiger charge is 2.15. The lowest BCUT2D eigenvalue weighted by atomic mass is 10.1. The fourth-order valence-corrected chi connectivity index (χ4v) is 2.01. The summed E-state index contributed by atoms with van der Waals surface area (Å²) in [4.78, 5) is 14.9. The van der Waals surface area contributed by atoms with Crippen molar-refractivity contribution >= 4 is 11.7 Å². The minimum atomic E-state index is -1.05. The zero-order valence-corrected chi connectivity index (χ0v) is 10.3. The molecule has 0 radical (unpaired) electrons. The molecular formula is C13H12N4O2. The molecule has 0 spiro atoms. The average molecular weight is 256 g/mol. The maximum absolute atomic E-state index is 10.8. The molecule has 0 aliphatic heterocycles. The van der Waals surface area contributed by atoms with Crippen molar-refractivity contribution < 1.29 is 9.90 Å². The molecule has 96 valence electrons. The van der Waals surface area contributed by atoms with Crippen LogP contribution in [-0.4, -0.2) is 30.2 Å². The van der Waals surface area contributed by atoms with Crippen LogP contribution in [0.1, 0.15) is 21.9 Å². The van der Waals surface area contributed by atoms with Crippen LogP contribution in [0.2, 0.25) is 0 Å². The van der Waals surface area contributed by atoms with Crippen LogP contribution in [-0.2, 0) is 13.5 Å². The van der Waals surface area contributed by atoms with E-state index in [4.69, 9.17) is 5.11 Å². The molecule has 0 saturated heterocycles. The number of hydrogen-bond acceptors (Lipinski definition) is 3. The van der Waals surface area contributed by atoms with Crippen LogP contribution < -0.4 is 0 Å². The number of imidazole rings is 1. The van der Waals surface area contributed by atoms with E-state index in [1.54, 1.807) is 4.57 Å². The third-order valence-corrected chi connectivity index (χ3v) is 3.00. The maximum Gasteiger partial charge on any atom is 0.356 e. The van der Waals surface area contributed by atoms with E-state index in [0.717, 1.165) is 11.4 Å². The average Bonchev–Trinajstić information content (AvgIpc) is 2.92. The maximum atomic E-state index is 10.8. The van der Waals surface area contributed by atoms with Gasteiger partial charge in [0.25, 0.3) is 0 Å². The van der Waals surface area contributed by atoms with Crippen LogP contribution in [0, 0.1) is 0 Å². The molecule has 1 N–H and O–H groups in total. The van der Waals surface area contributed by atoms with Gasteiger partial charge in [-0.1, -0.05) is 30.3 Å². The summed E-state index contributed by atoms with van der Waals surface area (Å²) in [5.41, 5.74) is 1.15. The van der Waals surface area contributed by atoms with Crippen LogP contribution >= 0.6 is 0 Å². The molecule has 6 nitrogen and oxygen atoms in total. The second-order valence-electron chi connectivity index (χ2n) is 4.31. The van der Waals surface area contributed by atoms with Crippen LogP contribution in [0.5, 0.6) is 0 Å². The highest BCUT2D eigenvalue weighted by atomic mass is 16.4. The fraction of sp³-hybridized carbons (Fsp3) is 0.154. The van der Waals surface area contributed by atoms with Gasteiger partial charge in [0.15, 0.2) is 5.69 Å². The summed E-state index contributed by atoms with van der Waals surface area (Å²) in [6.45, 7) is 0. The molecule has 0 fully saturated rings. The Kier molecular flexibility index (Phi) is 2.56. The molecule has 0 unspecified atom stereocenters. The number of carboxylic acid groups (broad SMARTS) is 1. The van der Waals surface area contributed by atoms with Gasteiger partial charge < -0.3 is 5.11 Å². The lowest BCUT2D eigenvalue weighted by molar-refractivity contribution is 0.0691. The molecule has 0 atom stereocenters. The summed E-state index contributed by atoms with van der Waals surface area (Å²) in [5.74, 6) is 0.323. The van der Waals surface area contributed by atoms with Gasteiger partial charge in [0, 0.05) is 13.5 Å². The molecule has 6 heteroatoms. The molecule has 0 aliphatic rings. The zero-order valence-electron chi connectivity index (χ0n) is 10.3. The Morgan fingerprint density at radius 2 is 2.05 bits per heavy atom. The van der Waals surface area contributed by atoms with Gasteiger partial charge in [-0.25, -0.2) is 14.3 Å². The number of aryl methyl sites for hydroxylation is 1. The predicted octanol–water partition coefficient (Wildman–Crippen LogP) is 1.36. The van der Waals surface area contributed by atoms with Crippen molar-refractivity contribution in [3.05, 3.63) is 53.6 Å². The van der Waals surface area contributed by atoms with Crippen LogP contribution in [0.15, 0.2) is 36.5 Å². The van der Waals surface area contributed by atoms with Crippen molar-refractivity contribution in [3.8, 4) is 0 Å². The number of aromatic nitrogens is 4. The van der Waals surface area contributed by atoms with Crippen LogP contribution in [0.25, 0.3) is 5.78 Å². The second kappa shape index (κ2) is 4.24. The molecule has 19 heavy (non-hydrogen) atoms. The van der Waals surface area contributed by atoms with Crippen molar-refractivity contribution in [2.75, 3.05) is 0 Å². The first-order chi connectivity index (χ1) is 9.15. The Hall–Kier alpha value is -2.63. The smallest absolute Gasteiger partial charge is 0.356 e. The van der Waals surface area contributed by atoms with E-state index in [-0.39, 0.29) is 5.69 Å². The number of nitrogens with zero attached hydrogens (tertiary/aromatic N) is 4. The molecule has 1 aromatic carbocycles. The highest BCUT2D eigenvalue weighted by Crippen LogP contribution is 2.11. The molecule has 0 aliphatic carbocycles. The number of fused-ring (bicyclic) bond motifs is 1. The van der Waals surface area contributed by atoms with Gasteiger partial charge in [0.05, 0.1) is 6.20 Å². The van der Waals surface area contributed by atoms with Gasteiger partial charge in [-0.2, -0.15) is 5.10 Å². The Bertz CT molecular complexity index is 743. The van der Waals surface area contributed by atoms with Crippen molar-refractivity contribution in [3.63, 3.8) is 0 Å². The normalized spacial score (nSPS) is 11.0. The van der Waals surface area contributed by atoms with E-state index in [1.807, 2.05) is 37.4 Å². The molecule has 2 aromatic heterocycles. The number of aromatic carboxylic acids is 1. The summed E-state index contributed by atoms with van der Waals surface area (Å²) < 4.78 is 3.31. The molecule has 0 bridgehead atoms. The minimum absolute atomic E-state index is 0.00404. The van der Waals surface area contributed by atoms with E-state index in [2.05, 4.69) is 10.1 Å². The number of rotatable bonds is 3. The largest absolute Gasteiger partial charge is 0.476 e. The monoisotopic (exact) mass is 256 g/mol. The van der Waals surface area contributed by atoms with Gasteiger partial charge in [-0.15, -0.1) is 0 Å².